The Morgan fingerprint density at radius 2 is 1.40 bits per heavy atom. The van der Waals surface area contributed by atoms with Gasteiger partial charge in [0.15, 0.2) is 0 Å². The summed E-state index contributed by atoms with van der Waals surface area (Å²) < 4.78 is 28.2. The van der Waals surface area contributed by atoms with E-state index in [9.17, 15) is 14.4 Å². The number of rotatable bonds is 8. The highest BCUT2D eigenvalue weighted by Crippen LogP contribution is 2.60. The second kappa shape index (κ2) is 10.6. The highest BCUT2D eigenvalue weighted by atomic mass is 16.7. The Kier molecular flexibility index (Phi) is 7.87. The number of hydrogen-bond donors (Lipinski definition) is 0. The van der Waals surface area contributed by atoms with Gasteiger partial charge < -0.3 is 23.7 Å². The fourth-order valence-electron chi connectivity index (χ4n) is 6.82. The van der Waals surface area contributed by atoms with Crippen molar-refractivity contribution < 1.29 is 38.1 Å². The largest absolute Gasteiger partial charge is 0.514 e. The van der Waals surface area contributed by atoms with E-state index in [0.717, 1.165) is 43.2 Å². The molecule has 0 saturated heterocycles. The quantitative estimate of drug-likeness (QED) is 0.141. The lowest BCUT2D eigenvalue weighted by Gasteiger charge is -2.59. The first kappa shape index (κ1) is 29.7. The number of hydrogen-bond acceptors (Lipinski definition) is 8. The van der Waals surface area contributed by atoms with E-state index in [4.69, 9.17) is 23.7 Å². The first-order valence-electron chi connectivity index (χ1n) is 14.0. The molecule has 0 spiro atoms. The molecule has 1 aromatic carbocycles. The van der Waals surface area contributed by atoms with Gasteiger partial charge in [0, 0.05) is 18.4 Å². The van der Waals surface area contributed by atoms with Crippen molar-refractivity contribution in [1.29, 1.82) is 0 Å². The minimum Gasteiger partial charge on any atom is -0.456 e. The van der Waals surface area contributed by atoms with Crippen molar-refractivity contribution >= 4 is 23.9 Å². The zero-order valence-corrected chi connectivity index (χ0v) is 24.6. The summed E-state index contributed by atoms with van der Waals surface area (Å²) in [6.45, 7) is 18.5. The molecule has 40 heavy (non-hydrogen) atoms. The normalized spacial score (nSPS) is 26.9. The van der Waals surface area contributed by atoms with Crippen LogP contribution in [-0.4, -0.2) is 40.7 Å². The Morgan fingerprint density at radius 3 is 1.93 bits per heavy atom. The predicted molar refractivity (Wildman–Crippen MR) is 150 cm³/mol. The fourth-order valence-corrected chi connectivity index (χ4v) is 6.82. The molecule has 4 fully saturated rings. The second-order valence-electron chi connectivity index (χ2n) is 13.6. The molecular formula is C32H42O8. The number of esters is 1. The van der Waals surface area contributed by atoms with Crippen LogP contribution in [0.25, 0.3) is 5.57 Å². The van der Waals surface area contributed by atoms with Crippen LogP contribution in [0.15, 0.2) is 43.0 Å². The molecule has 8 nitrogen and oxygen atoms in total. The summed E-state index contributed by atoms with van der Waals surface area (Å²) in [5, 5.41) is 0. The van der Waals surface area contributed by atoms with Gasteiger partial charge in [-0.25, -0.2) is 14.4 Å². The molecule has 4 aliphatic rings. The van der Waals surface area contributed by atoms with Crippen molar-refractivity contribution in [3.8, 4) is 5.75 Å². The van der Waals surface area contributed by atoms with Crippen molar-refractivity contribution in [3.63, 3.8) is 0 Å². The van der Waals surface area contributed by atoms with Crippen LogP contribution in [-0.2, 0) is 23.7 Å². The molecule has 2 atom stereocenters. The van der Waals surface area contributed by atoms with Gasteiger partial charge in [-0.15, -0.1) is 0 Å². The summed E-state index contributed by atoms with van der Waals surface area (Å²) >= 11 is 0. The number of ether oxygens (including phenoxy) is 5. The van der Waals surface area contributed by atoms with Crippen LogP contribution in [0.5, 0.6) is 5.75 Å². The van der Waals surface area contributed by atoms with Crippen molar-refractivity contribution in [2.45, 2.75) is 109 Å². The minimum absolute atomic E-state index is 0.349. The summed E-state index contributed by atoms with van der Waals surface area (Å²) in [6.07, 6.45) is 3.56. The van der Waals surface area contributed by atoms with Crippen LogP contribution >= 0.6 is 0 Å². The SMILES string of the molecule is C=C(C)C(=O)OC12CC3CC(CC(OC(=O)OC(C)(C)CC(=C)c4ccc(OC(=O)OC(C)(C)C)cc4)(C3)C1)C2. The third-order valence-corrected chi connectivity index (χ3v) is 7.76. The van der Waals surface area contributed by atoms with Gasteiger partial charge in [-0.1, -0.05) is 25.3 Å². The van der Waals surface area contributed by atoms with E-state index < -0.39 is 34.7 Å². The highest BCUT2D eigenvalue weighted by molar-refractivity contribution is 5.87. The first-order chi connectivity index (χ1) is 18.5. The molecule has 1 aromatic rings. The molecule has 4 saturated carbocycles. The summed E-state index contributed by atoms with van der Waals surface area (Å²) in [6, 6.07) is 6.90. The summed E-state index contributed by atoms with van der Waals surface area (Å²) in [7, 11) is 0. The van der Waals surface area contributed by atoms with Gasteiger partial charge in [-0.05, 0) is 109 Å². The maximum atomic E-state index is 13.1. The Balaban J connectivity index is 1.34. The molecule has 0 aromatic heterocycles. The summed E-state index contributed by atoms with van der Waals surface area (Å²) in [5.74, 6) is 0.667. The molecule has 218 valence electrons. The van der Waals surface area contributed by atoms with Crippen LogP contribution in [0.4, 0.5) is 9.59 Å². The molecule has 4 bridgehead atoms. The molecule has 0 amide bonds. The van der Waals surface area contributed by atoms with Gasteiger partial charge in [0.25, 0.3) is 0 Å². The summed E-state index contributed by atoms with van der Waals surface area (Å²) in [5.41, 5.74) is -0.876. The average Bonchev–Trinajstić information content (AvgIpc) is 2.75. The van der Waals surface area contributed by atoms with E-state index in [-0.39, 0.29) is 5.97 Å². The Bertz CT molecular complexity index is 1170. The van der Waals surface area contributed by atoms with Gasteiger partial charge in [0.1, 0.15) is 28.2 Å². The van der Waals surface area contributed by atoms with Crippen LogP contribution in [0.3, 0.4) is 0 Å². The number of benzene rings is 1. The predicted octanol–water partition coefficient (Wildman–Crippen LogP) is 7.55. The minimum atomic E-state index is -0.883. The molecule has 0 radical (unpaired) electrons. The highest BCUT2D eigenvalue weighted by Gasteiger charge is 2.62. The third-order valence-electron chi connectivity index (χ3n) is 7.76. The molecule has 8 heteroatoms. The molecular weight excluding hydrogens is 512 g/mol. The monoisotopic (exact) mass is 554 g/mol. The van der Waals surface area contributed by atoms with Crippen molar-refractivity contribution in [2.24, 2.45) is 11.8 Å². The lowest BCUT2D eigenvalue weighted by atomic mass is 9.52. The van der Waals surface area contributed by atoms with Gasteiger partial charge in [-0.2, -0.15) is 0 Å². The van der Waals surface area contributed by atoms with Gasteiger partial charge in [-0.3, -0.25) is 0 Å². The average molecular weight is 555 g/mol. The van der Waals surface area contributed by atoms with Crippen molar-refractivity contribution in [1.82, 2.24) is 0 Å². The molecule has 0 heterocycles. The maximum absolute atomic E-state index is 13.1. The molecule has 0 N–H and O–H groups in total. The topological polar surface area (TPSA) is 97.4 Å². The lowest BCUT2D eigenvalue weighted by Crippen LogP contribution is -2.62. The Hall–Kier alpha value is -3.29. The van der Waals surface area contributed by atoms with Gasteiger partial charge in [0.05, 0.1) is 0 Å². The number of carbonyl (C=O) groups excluding carboxylic acids is 3. The number of carbonyl (C=O) groups is 3. The fraction of sp³-hybridized carbons (Fsp3) is 0.594. The molecule has 2 unspecified atom stereocenters. The summed E-state index contributed by atoms with van der Waals surface area (Å²) in [4.78, 5) is 37.4. The van der Waals surface area contributed by atoms with Gasteiger partial charge >= 0.3 is 18.3 Å². The van der Waals surface area contributed by atoms with Gasteiger partial charge in [0.2, 0.25) is 0 Å². The van der Waals surface area contributed by atoms with Crippen molar-refractivity contribution in [3.05, 3.63) is 48.6 Å². The molecule has 0 aliphatic heterocycles. The van der Waals surface area contributed by atoms with E-state index in [1.165, 1.54) is 0 Å². The third kappa shape index (κ3) is 7.26. The molecule has 4 aliphatic carbocycles. The second-order valence-corrected chi connectivity index (χ2v) is 13.6. The van der Waals surface area contributed by atoms with E-state index in [2.05, 4.69) is 13.2 Å². The van der Waals surface area contributed by atoms with Crippen LogP contribution < -0.4 is 4.74 Å². The smallest absolute Gasteiger partial charge is 0.456 e. The first-order valence-corrected chi connectivity index (χ1v) is 14.0. The standard InChI is InChI=1S/C32H42O8/c1-20(2)26(33)37-31-15-22-13-23(16-31)18-32(17-22,19-31)40-28(35)39-30(7,8)14-21(3)24-9-11-25(12-10-24)36-27(34)38-29(4,5)6/h9-12,22-23H,1,3,13-19H2,2,4-8H3. The van der Waals surface area contributed by atoms with Crippen molar-refractivity contribution in [2.75, 3.05) is 0 Å². The zero-order chi connectivity index (χ0) is 29.5. The van der Waals surface area contributed by atoms with E-state index in [0.29, 0.717) is 36.0 Å². The zero-order valence-electron chi connectivity index (χ0n) is 24.6. The Morgan fingerprint density at radius 1 is 0.850 bits per heavy atom. The van der Waals surface area contributed by atoms with Crippen LogP contribution in [0.2, 0.25) is 0 Å². The van der Waals surface area contributed by atoms with Crippen LogP contribution in [0, 0.1) is 11.8 Å². The van der Waals surface area contributed by atoms with E-state index >= 15 is 0 Å². The van der Waals surface area contributed by atoms with E-state index in [1.807, 2.05) is 13.8 Å². The Labute approximate surface area is 237 Å². The lowest BCUT2D eigenvalue weighted by molar-refractivity contribution is -0.222. The van der Waals surface area contributed by atoms with E-state index in [1.54, 1.807) is 52.0 Å². The maximum Gasteiger partial charge on any atom is 0.514 e. The molecule has 5 rings (SSSR count). The van der Waals surface area contributed by atoms with Crippen LogP contribution in [0.1, 0.15) is 92.1 Å².